The highest BCUT2D eigenvalue weighted by molar-refractivity contribution is 7.66. The van der Waals surface area contributed by atoms with Crippen LogP contribution in [0.1, 0.15) is 54.3 Å². The third-order valence-electron chi connectivity index (χ3n) is 7.35. The molecule has 4 rings (SSSR count). The van der Waals surface area contributed by atoms with Crippen molar-refractivity contribution in [3.63, 3.8) is 0 Å². The average molecular weight is 789 g/mol. The van der Waals surface area contributed by atoms with E-state index < -0.39 is 59.3 Å². The number of rotatable bonds is 17. The van der Waals surface area contributed by atoms with Crippen LogP contribution in [0.3, 0.4) is 0 Å². The number of nitro groups is 1. The van der Waals surface area contributed by atoms with Crippen LogP contribution in [-0.2, 0) is 36.4 Å². The Hall–Kier alpha value is -3.79. The molecule has 5 atom stereocenters. The van der Waals surface area contributed by atoms with Crippen molar-refractivity contribution >= 4 is 51.9 Å². The number of nitrogens with one attached hydrogen (secondary N) is 2. The van der Waals surface area contributed by atoms with E-state index in [4.69, 9.17) is 14.5 Å². The number of aliphatic hydroxyl groups is 1. The van der Waals surface area contributed by atoms with Crippen molar-refractivity contribution in [3.8, 4) is 11.8 Å². The lowest BCUT2D eigenvalue weighted by atomic mass is 10.0. The third-order valence-corrected chi connectivity index (χ3v) is 11.2. The van der Waals surface area contributed by atoms with Gasteiger partial charge in [-0.2, -0.15) is 8.62 Å². The lowest BCUT2D eigenvalue weighted by molar-refractivity contribution is -0.393. The standard InChI is InChI=1S/C29H35N4O16P3/c34-24-17-28(47-25(24)19-46-51(42,43)49-52(44,45)48-50(39,40)41)32-18-20(16-27(32)33(37)38)8-7-15-30-26(35)13-2-1-5-14-31-29(36)23-12-6-10-21-9-3-4-11-22(21)23/h3-4,6,9-12,16,18,24-25,28,34H,1-2,5,13-15,17,19H2,(H,30,35)(H,31,36)(H,42,43)(H,44,45)(H2,39,40,41)/t24-,25-,28-/m1/s1. The van der Waals surface area contributed by atoms with Gasteiger partial charge in [-0.15, -0.1) is 0 Å². The van der Waals surface area contributed by atoms with E-state index in [9.17, 15) is 48.3 Å². The van der Waals surface area contributed by atoms with Gasteiger partial charge in [-0.05, 0) is 34.6 Å². The Bertz CT molecular complexity index is 1980. The fourth-order valence-electron chi connectivity index (χ4n) is 5.10. The van der Waals surface area contributed by atoms with Crippen LogP contribution < -0.4 is 10.6 Å². The Labute approximate surface area is 295 Å². The molecule has 0 saturated carbocycles. The zero-order valence-corrected chi connectivity index (χ0v) is 29.7. The molecule has 2 unspecified atom stereocenters. The van der Waals surface area contributed by atoms with E-state index in [-0.39, 0.29) is 36.8 Å². The number of fused-ring (bicyclic) bond motifs is 1. The number of amides is 2. The van der Waals surface area contributed by atoms with Gasteiger partial charge in [0.25, 0.3) is 5.91 Å². The lowest BCUT2D eigenvalue weighted by Crippen LogP contribution is -2.26. The maximum absolute atomic E-state index is 12.6. The molecule has 20 nitrogen and oxygen atoms in total. The van der Waals surface area contributed by atoms with Crippen LogP contribution >= 0.6 is 23.5 Å². The van der Waals surface area contributed by atoms with Gasteiger partial charge < -0.3 is 50.2 Å². The highest BCUT2D eigenvalue weighted by Crippen LogP contribution is 2.66. The number of hydrogen-bond donors (Lipinski definition) is 7. The van der Waals surface area contributed by atoms with Crippen LogP contribution in [-0.4, -0.2) is 77.9 Å². The van der Waals surface area contributed by atoms with Gasteiger partial charge in [0.05, 0.1) is 30.9 Å². The minimum atomic E-state index is -5.76. The molecule has 1 aliphatic heterocycles. The normalized spacial score (nSPS) is 19.6. The Kier molecular flexibility index (Phi) is 14.0. The molecule has 1 fully saturated rings. The molecule has 0 bridgehead atoms. The van der Waals surface area contributed by atoms with Gasteiger partial charge in [0.1, 0.15) is 12.3 Å². The van der Waals surface area contributed by atoms with Crippen LogP contribution in [0, 0.1) is 22.0 Å². The maximum Gasteiger partial charge on any atom is 0.490 e. The van der Waals surface area contributed by atoms with Crippen LogP contribution in [0.4, 0.5) is 5.82 Å². The third kappa shape index (κ3) is 12.4. The molecule has 0 radical (unpaired) electrons. The van der Waals surface area contributed by atoms with E-state index in [1.807, 2.05) is 36.4 Å². The second-order valence-corrected chi connectivity index (χ2v) is 15.7. The molecular weight excluding hydrogens is 753 g/mol. The van der Waals surface area contributed by atoms with Gasteiger partial charge >= 0.3 is 29.3 Å². The summed E-state index contributed by atoms with van der Waals surface area (Å²) in [7, 11) is -16.9. The maximum atomic E-state index is 12.6. The molecule has 7 N–H and O–H groups in total. The highest BCUT2D eigenvalue weighted by Gasteiger charge is 2.44. The zero-order valence-electron chi connectivity index (χ0n) is 27.0. The zero-order chi connectivity index (χ0) is 38.1. The number of hydrogen-bond acceptors (Lipinski definition) is 12. The first-order chi connectivity index (χ1) is 24.4. The van der Waals surface area contributed by atoms with Crippen LogP contribution in [0.2, 0.25) is 0 Å². The second kappa shape index (κ2) is 17.8. The van der Waals surface area contributed by atoms with Gasteiger partial charge in [0, 0.05) is 24.9 Å². The van der Waals surface area contributed by atoms with Gasteiger partial charge in [-0.3, -0.25) is 14.1 Å². The van der Waals surface area contributed by atoms with E-state index in [0.717, 1.165) is 21.4 Å². The van der Waals surface area contributed by atoms with E-state index in [2.05, 4.69) is 35.6 Å². The minimum Gasteiger partial charge on any atom is -0.390 e. The Morgan fingerprint density at radius 3 is 2.46 bits per heavy atom. The molecular formula is C29H35N4O16P3. The van der Waals surface area contributed by atoms with Crippen molar-refractivity contribution in [1.29, 1.82) is 0 Å². The molecule has 1 aromatic heterocycles. The van der Waals surface area contributed by atoms with Gasteiger partial charge in [-0.1, -0.05) is 54.7 Å². The highest BCUT2D eigenvalue weighted by atomic mass is 31.3. The van der Waals surface area contributed by atoms with Crippen molar-refractivity contribution in [2.75, 3.05) is 19.7 Å². The number of aliphatic hydroxyl groups excluding tert-OH is 1. The molecule has 2 aromatic carbocycles. The SMILES string of the molecule is O=C(CCCCCNC(=O)c1cccc2ccccc12)NCC#Cc1cc([N+](=O)[O-])n([C@H]2C[C@@H](O)[C@@H](COP(=O)(O)OP(=O)(O)OP(=O)(O)O)O2)c1. The fraction of sp³-hybridized carbons (Fsp3) is 0.379. The second-order valence-electron chi connectivity index (χ2n) is 11.2. The fourth-order valence-corrected chi connectivity index (χ4v) is 8.13. The first-order valence-corrected chi connectivity index (χ1v) is 19.9. The first-order valence-electron chi connectivity index (χ1n) is 15.4. The number of benzene rings is 2. The summed E-state index contributed by atoms with van der Waals surface area (Å²) in [6.45, 7) is -0.556. The lowest BCUT2D eigenvalue weighted by Gasteiger charge is -2.18. The van der Waals surface area contributed by atoms with E-state index in [0.29, 0.717) is 31.4 Å². The molecule has 282 valence electrons. The van der Waals surface area contributed by atoms with E-state index in [1.165, 1.54) is 6.20 Å². The quantitative estimate of drug-likeness (QED) is 0.0340. The van der Waals surface area contributed by atoms with Crippen molar-refractivity contribution in [1.82, 2.24) is 15.2 Å². The number of aromatic nitrogens is 1. The number of nitrogens with zero attached hydrogens (tertiary/aromatic N) is 2. The molecule has 2 amide bonds. The number of unbranched alkanes of at least 4 members (excludes halogenated alkanes) is 2. The van der Waals surface area contributed by atoms with Crippen molar-refractivity contribution in [2.45, 2.75) is 50.5 Å². The number of phosphoric ester groups is 1. The molecule has 52 heavy (non-hydrogen) atoms. The molecule has 1 aliphatic rings. The summed E-state index contributed by atoms with van der Waals surface area (Å²) >= 11 is 0. The number of carbonyl (C=O) groups excluding carboxylic acids is 2. The largest absolute Gasteiger partial charge is 0.490 e. The van der Waals surface area contributed by atoms with E-state index >= 15 is 0 Å². The summed E-state index contributed by atoms with van der Waals surface area (Å²) in [5.74, 6) is 4.47. The summed E-state index contributed by atoms with van der Waals surface area (Å²) in [6, 6.07) is 14.3. The molecule has 0 aliphatic carbocycles. The molecule has 2 heterocycles. The molecule has 3 aromatic rings. The number of carbonyl (C=O) groups is 2. The van der Waals surface area contributed by atoms with Crippen molar-refractivity contribution in [3.05, 3.63) is 76.0 Å². The number of phosphoric acid groups is 3. The Morgan fingerprint density at radius 1 is 1.00 bits per heavy atom. The van der Waals surface area contributed by atoms with Gasteiger partial charge in [0.2, 0.25) is 12.1 Å². The molecule has 1 saturated heterocycles. The van der Waals surface area contributed by atoms with Crippen LogP contribution in [0.15, 0.2) is 54.7 Å². The predicted molar refractivity (Wildman–Crippen MR) is 180 cm³/mol. The summed E-state index contributed by atoms with van der Waals surface area (Å²) in [5, 5.41) is 29.4. The first kappa shape index (κ1) is 41.0. The van der Waals surface area contributed by atoms with Gasteiger partial charge in [-0.25, -0.2) is 18.3 Å². The Morgan fingerprint density at radius 2 is 1.73 bits per heavy atom. The Balaban J connectivity index is 1.19. The van der Waals surface area contributed by atoms with Crippen LogP contribution in [0.5, 0.6) is 0 Å². The van der Waals surface area contributed by atoms with Crippen molar-refractivity contribution < 1.29 is 70.8 Å². The van der Waals surface area contributed by atoms with Crippen molar-refractivity contribution in [2.24, 2.45) is 0 Å². The smallest absolute Gasteiger partial charge is 0.390 e. The van der Waals surface area contributed by atoms with E-state index in [1.54, 1.807) is 6.07 Å². The van der Waals surface area contributed by atoms with Crippen LogP contribution in [0.25, 0.3) is 10.8 Å². The average Bonchev–Trinajstić information content (AvgIpc) is 3.65. The predicted octanol–water partition coefficient (Wildman–Crippen LogP) is 3.00. The summed E-state index contributed by atoms with van der Waals surface area (Å²) in [4.78, 5) is 71.9. The monoisotopic (exact) mass is 788 g/mol. The summed E-state index contributed by atoms with van der Waals surface area (Å²) < 4.78 is 52.5. The molecule has 0 spiro atoms. The topological polar surface area (TPSA) is 296 Å². The van der Waals surface area contributed by atoms with Gasteiger partial charge in [0.15, 0.2) is 0 Å². The summed E-state index contributed by atoms with van der Waals surface area (Å²) in [5.41, 5.74) is 0.763. The summed E-state index contributed by atoms with van der Waals surface area (Å²) in [6.07, 6.45) is -0.842. The number of ether oxygens (including phenoxy) is 1. The minimum absolute atomic E-state index is 0.0553. The molecule has 23 heteroatoms.